The molecule has 1 fully saturated rings. The minimum Gasteiger partial charge on any atom is -0.486 e. The first-order valence-electron chi connectivity index (χ1n) is 11.0. The van der Waals surface area contributed by atoms with Gasteiger partial charge in [0, 0.05) is 32.2 Å². The Morgan fingerprint density at radius 1 is 0.812 bits per heavy atom. The highest BCUT2D eigenvalue weighted by atomic mass is 16.6. The van der Waals surface area contributed by atoms with Crippen molar-refractivity contribution in [1.82, 2.24) is 9.80 Å². The molecule has 0 bridgehead atoms. The largest absolute Gasteiger partial charge is 0.486 e. The van der Waals surface area contributed by atoms with Crippen molar-refractivity contribution in [2.75, 3.05) is 51.3 Å². The summed E-state index contributed by atoms with van der Waals surface area (Å²) in [5, 5.41) is 0. The van der Waals surface area contributed by atoms with E-state index in [9.17, 15) is 9.59 Å². The summed E-state index contributed by atoms with van der Waals surface area (Å²) in [4.78, 5) is 33.1. The van der Waals surface area contributed by atoms with Crippen LogP contribution in [-0.4, -0.2) is 68.1 Å². The summed E-state index contributed by atoms with van der Waals surface area (Å²) in [5.74, 6) is 0.593. The fraction of sp³-hybridized carbons (Fsp3) is 0.360. The molecule has 0 aromatic heterocycles. The number of carbonyl (C=O) groups excluding carboxylic acids is 2. The zero-order chi connectivity index (χ0) is 22.4. The number of imide groups is 1. The molecule has 0 radical (unpaired) electrons. The molecule has 7 nitrogen and oxygen atoms in total. The number of anilines is 1. The van der Waals surface area contributed by atoms with Gasteiger partial charge in [0.1, 0.15) is 18.9 Å². The van der Waals surface area contributed by atoms with Crippen molar-refractivity contribution < 1.29 is 19.1 Å². The third kappa shape index (κ3) is 3.42. The molecule has 7 heteroatoms. The fourth-order valence-electron chi connectivity index (χ4n) is 4.58. The first-order valence-corrected chi connectivity index (χ1v) is 11.0. The normalized spacial score (nSPS) is 19.2. The summed E-state index contributed by atoms with van der Waals surface area (Å²) in [5.41, 5.74) is 4.38. The topological polar surface area (TPSA) is 62.3 Å². The highest BCUT2D eigenvalue weighted by Crippen LogP contribution is 2.40. The zero-order valence-electron chi connectivity index (χ0n) is 18.7. The molecule has 0 unspecified atom stereocenters. The molecule has 2 amide bonds. The van der Waals surface area contributed by atoms with Crippen molar-refractivity contribution in [3.63, 3.8) is 0 Å². The van der Waals surface area contributed by atoms with Crippen molar-refractivity contribution in [3.05, 3.63) is 58.8 Å². The Balaban J connectivity index is 1.60. The number of hydrogen-bond donors (Lipinski definition) is 0. The fourth-order valence-corrected chi connectivity index (χ4v) is 4.58. The standard InChI is InChI=1S/C25H27N3O4/c1-16-4-6-19(17(2)14-16)22-23(27-10-8-26(3)9-11-27)25(30)28(24(22)29)18-5-7-20-21(15-18)32-13-12-31-20/h4-7,14-15H,8-13H2,1-3H3. The number of hydrogen-bond acceptors (Lipinski definition) is 6. The van der Waals surface area contributed by atoms with Crippen LogP contribution in [0.25, 0.3) is 5.57 Å². The number of carbonyl (C=O) groups is 2. The summed E-state index contributed by atoms with van der Waals surface area (Å²) < 4.78 is 11.3. The highest BCUT2D eigenvalue weighted by molar-refractivity contribution is 6.45. The number of ether oxygens (including phenoxy) is 2. The minimum atomic E-state index is -0.299. The van der Waals surface area contributed by atoms with Gasteiger partial charge in [0.2, 0.25) is 0 Å². The monoisotopic (exact) mass is 433 g/mol. The van der Waals surface area contributed by atoms with E-state index in [0.29, 0.717) is 54.8 Å². The van der Waals surface area contributed by atoms with E-state index in [1.54, 1.807) is 18.2 Å². The molecule has 166 valence electrons. The average molecular weight is 434 g/mol. The van der Waals surface area contributed by atoms with Gasteiger partial charge < -0.3 is 19.3 Å². The molecule has 0 atom stereocenters. The molecule has 3 aliphatic rings. The third-order valence-corrected chi connectivity index (χ3v) is 6.31. The lowest BCUT2D eigenvalue weighted by Gasteiger charge is -2.34. The molecule has 3 aliphatic heterocycles. The summed E-state index contributed by atoms with van der Waals surface area (Å²) in [7, 11) is 2.07. The molecular weight excluding hydrogens is 406 g/mol. The quantitative estimate of drug-likeness (QED) is 0.694. The van der Waals surface area contributed by atoms with Gasteiger partial charge >= 0.3 is 0 Å². The van der Waals surface area contributed by atoms with E-state index in [1.807, 2.05) is 26.0 Å². The molecule has 0 saturated carbocycles. The van der Waals surface area contributed by atoms with Crippen molar-refractivity contribution >= 4 is 23.1 Å². The molecule has 0 N–H and O–H groups in total. The molecule has 2 aromatic rings. The summed E-state index contributed by atoms with van der Waals surface area (Å²) in [6.07, 6.45) is 0. The van der Waals surface area contributed by atoms with Crippen LogP contribution in [0.2, 0.25) is 0 Å². The lowest BCUT2D eigenvalue weighted by molar-refractivity contribution is -0.120. The molecule has 2 aromatic carbocycles. The predicted molar refractivity (Wildman–Crippen MR) is 122 cm³/mol. The third-order valence-electron chi connectivity index (χ3n) is 6.31. The van der Waals surface area contributed by atoms with Gasteiger partial charge in [-0.25, -0.2) is 4.90 Å². The van der Waals surface area contributed by atoms with Crippen LogP contribution < -0.4 is 14.4 Å². The summed E-state index contributed by atoms with van der Waals surface area (Å²) in [6, 6.07) is 11.2. The smallest absolute Gasteiger partial charge is 0.282 e. The number of likely N-dealkylation sites (N-methyl/N-ethyl adjacent to an activating group) is 1. The Morgan fingerprint density at radius 3 is 2.25 bits per heavy atom. The van der Waals surface area contributed by atoms with Gasteiger partial charge in [0.25, 0.3) is 11.8 Å². The SMILES string of the molecule is Cc1ccc(C2=C(N3CCN(C)CC3)C(=O)N(c3ccc4c(c3)OCCO4)C2=O)c(C)c1. The highest BCUT2D eigenvalue weighted by Gasteiger charge is 2.43. The van der Waals surface area contributed by atoms with Gasteiger partial charge in [-0.3, -0.25) is 9.59 Å². The second-order valence-corrected chi connectivity index (χ2v) is 8.61. The molecule has 3 heterocycles. The Bertz CT molecular complexity index is 1130. The Kier molecular flexibility index (Phi) is 5.13. The number of benzene rings is 2. The average Bonchev–Trinajstić information content (AvgIpc) is 3.04. The maximum atomic E-state index is 13.8. The van der Waals surface area contributed by atoms with Crippen molar-refractivity contribution in [3.8, 4) is 11.5 Å². The van der Waals surface area contributed by atoms with Crippen LogP contribution >= 0.6 is 0 Å². The van der Waals surface area contributed by atoms with Crippen LogP contribution in [0, 0.1) is 13.8 Å². The lowest BCUT2D eigenvalue weighted by Crippen LogP contribution is -2.46. The van der Waals surface area contributed by atoms with E-state index in [2.05, 4.69) is 22.9 Å². The molecular formula is C25H27N3O4. The minimum absolute atomic E-state index is 0.286. The summed E-state index contributed by atoms with van der Waals surface area (Å²) >= 11 is 0. The van der Waals surface area contributed by atoms with Gasteiger partial charge in [-0.2, -0.15) is 0 Å². The van der Waals surface area contributed by atoms with Gasteiger partial charge in [0.15, 0.2) is 11.5 Å². The molecule has 0 aliphatic carbocycles. The second-order valence-electron chi connectivity index (χ2n) is 8.61. The lowest BCUT2D eigenvalue weighted by atomic mass is 9.97. The number of aryl methyl sites for hydroxylation is 2. The van der Waals surface area contributed by atoms with Gasteiger partial charge in [-0.1, -0.05) is 23.8 Å². The predicted octanol–water partition coefficient (Wildman–Crippen LogP) is 2.61. The van der Waals surface area contributed by atoms with Gasteiger partial charge in [0.05, 0.1) is 11.3 Å². The number of piperazine rings is 1. The van der Waals surface area contributed by atoms with Crippen LogP contribution in [0.15, 0.2) is 42.1 Å². The van der Waals surface area contributed by atoms with Gasteiger partial charge in [-0.15, -0.1) is 0 Å². The second kappa shape index (κ2) is 7.98. The first-order chi connectivity index (χ1) is 15.4. The van der Waals surface area contributed by atoms with Crippen molar-refractivity contribution in [2.45, 2.75) is 13.8 Å². The van der Waals surface area contributed by atoms with E-state index in [0.717, 1.165) is 29.8 Å². The van der Waals surface area contributed by atoms with Gasteiger partial charge in [-0.05, 0) is 44.2 Å². The molecule has 0 spiro atoms. The number of fused-ring (bicyclic) bond motifs is 1. The van der Waals surface area contributed by atoms with Crippen LogP contribution in [0.5, 0.6) is 11.5 Å². The summed E-state index contributed by atoms with van der Waals surface area (Å²) in [6.45, 7) is 8.03. The van der Waals surface area contributed by atoms with Crippen LogP contribution in [0.1, 0.15) is 16.7 Å². The van der Waals surface area contributed by atoms with E-state index < -0.39 is 0 Å². The maximum Gasteiger partial charge on any atom is 0.282 e. The number of rotatable bonds is 3. The van der Waals surface area contributed by atoms with E-state index in [1.165, 1.54) is 4.90 Å². The molecule has 1 saturated heterocycles. The van der Waals surface area contributed by atoms with Crippen LogP contribution in [0.4, 0.5) is 5.69 Å². The van der Waals surface area contributed by atoms with Crippen LogP contribution in [-0.2, 0) is 9.59 Å². The number of nitrogens with zero attached hydrogens (tertiary/aromatic N) is 3. The Hall–Kier alpha value is -3.32. The number of amides is 2. The zero-order valence-corrected chi connectivity index (χ0v) is 18.7. The first kappa shape index (κ1) is 20.6. The van der Waals surface area contributed by atoms with E-state index >= 15 is 0 Å². The molecule has 5 rings (SSSR count). The van der Waals surface area contributed by atoms with Crippen LogP contribution in [0.3, 0.4) is 0 Å². The van der Waals surface area contributed by atoms with Crippen molar-refractivity contribution in [2.24, 2.45) is 0 Å². The van der Waals surface area contributed by atoms with Crippen molar-refractivity contribution in [1.29, 1.82) is 0 Å². The van der Waals surface area contributed by atoms with E-state index in [-0.39, 0.29) is 11.8 Å². The Labute approximate surface area is 187 Å². The maximum absolute atomic E-state index is 13.8. The van der Waals surface area contributed by atoms with E-state index in [4.69, 9.17) is 9.47 Å². The molecule has 32 heavy (non-hydrogen) atoms. The Morgan fingerprint density at radius 2 is 1.53 bits per heavy atom.